The van der Waals surface area contributed by atoms with Crippen LogP contribution in [0, 0.1) is 12.8 Å². The molecule has 1 aliphatic rings. The molecule has 1 amide bonds. The Morgan fingerprint density at radius 2 is 2.00 bits per heavy atom. The average Bonchev–Trinajstić information content (AvgIpc) is 2.99. The highest BCUT2D eigenvalue weighted by Crippen LogP contribution is 2.25. The van der Waals surface area contributed by atoms with Gasteiger partial charge in [-0.25, -0.2) is 4.79 Å². The van der Waals surface area contributed by atoms with Crippen LogP contribution >= 0.6 is 0 Å². The van der Waals surface area contributed by atoms with Crippen molar-refractivity contribution < 1.29 is 14.7 Å². The number of aliphatic carboxylic acids is 1. The number of carboxylic acids is 1. The molecule has 3 rings (SSSR count). The van der Waals surface area contributed by atoms with E-state index >= 15 is 0 Å². The third-order valence-corrected chi connectivity index (χ3v) is 5.09. The van der Waals surface area contributed by atoms with Crippen molar-refractivity contribution in [1.29, 1.82) is 0 Å². The van der Waals surface area contributed by atoms with Crippen LogP contribution in [0.2, 0.25) is 0 Å². The molecule has 2 heterocycles. The summed E-state index contributed by atoms with van der Waals surface area (Å²) in [5.74, 6) is 0.185. The molecule has 7 nitrogen and oxygen atoms in total. The molecule has 0 saturated carbocycles. The number of hydrogen-bond acceptors (Lipinski definition) is 4. The van der Waals surface area contributed by atoms with Gasteiger partial charge >= 0.3 is 5.97 Å². The lowest BCUT2D eigenvalue weighted by atomic mass is 9.94. The smallest absolute Gasteiger partial charge is 0.328 e. The predicted octanol–water partition coefficient (Wildman–Crippen LogP) is 2.38. The molecular weight excluding hydrogens is 344 g/mol. The highest BCUT2D eigenvalue weighted by atomic mass is 16.4. The second kappa shape index (κ2) is 7.50. The van der Waals surface area contributed by atoms with Gasteiger partial charge in [-0.3, -0.25) is 4.79 Å². The standard InChI is InChI=1S/C20H26N4O3/c1-12(2)8-15-6-5-7-16(9-15)13(3)19(25)24-11-18-22-21-14(4)23(18)10-17(24)20(26)27/h5-7,9,12-13,17H,8,10-11H2,1-4H3,(H,26,27). The fraction of sp³-hybridized carbons (Fsp3) is 0.500. The molecule has 0 bridgehead atoms. The summed E-state index contributed by atoms with van der Waals surface area (Å²) < 4.78 is 1.77. The van der Waals surface area contributed by atoms with E-state index in [1.807, 2.05) is 19.1 Å². The molecule has 0 saturated heterocycles. The van der Waals surface area contributed by atoms with Crippen LogP contribution in [0.3, 0.4) is 0 Å². The fourth-order valence-electron chi connectivity index (χ4n) is 3.61. The number of hydrogen-bond donors (Lipinski definition) is 1. The summed E-state index contributed by atoms with van der Waals surface area (Å²) in [7, 11) is 0. The third-order valence-electron chi connectivity index (χ3n) is 5.09. The van der Waals surface area contributed by atoms with E-state index in [1.54, 1.807) is 11.5 Å². The molecule has 7 heteroatoms. The van der Waals surface area contributed by atoms with Crippen molar-refractivity contribution in [2.75, 3.05) is 0 Å². The number of benzene rings is 1. The van der Waals surface area contributed by atoms with Gasteiger partial charge in [-0.05, 0) is 37.3 Å². The zero-order chi connectivity index (χ0) is 19.7. The molecule has 0 fully saturated rings. The van der Waals surface area contributed by atoms with Gasteiger partial charge in [0.25, 0.3) is 0 Å². The Morgan fingerprint density at radius 3 is 2.67 bits per heavy atom. The molecule has 144 valence electrons. The van der Waals surface area contributed by atoms with Crippen molar-refractivity contribution in [3.8, 4) is 0 Å². The van der Waals surface area contributed by atoms with Gasteiger partial charge in [-0.15, -0.1) is 10.2 Å². The zero-order valence-corrected chi connectivity index (χ0v) is 16.2. The SMILES string of the molecule is Cc1nnc2n1CC(C(=O)O)N(C(=O)C(C)c1cccc(CC(C)C)c1)C2. The van der Waals surface area contributed by atoms with Crippen molar-refractivity contribution >= 4 is 11.9 Å². The van der Waals surface area contributed by atoms with Crippen LogP contribution in [0.15, 0.2) is 24.3 Å². The number of fused-ring (bicyclic) bond motifs is 1. The van der Waals surface area contributed by atoms with E-state index in [-0.39, 0.29) is 19.0 Å². The first-order valence-corrected chi connectivity index (χ1v) is 9.28. The first kappa shape index (κ1) is 19.1. The van der Waals surface area contributed by atoms with E-state index in [4.69, 9.17) is 0 Å². The van der Waals surface area contributed by atoms with Gasteiger partial charge in [0.05, 0.1) is 19.0 Å². The molecule has 1 aromatic carbocycles. The number of carboxylic acid groups (broad SMARTS) is 1. The first-order valence-electron chi connectivity index (χ1n) is 9.28. The minimum atomic E-state index is -1.01. The monoisotopic (exact) mass is 370 g/mol. The Morgan fingerprint density at radius 1 is 1.26 bits per heavy atom. The summed E-state index contributed by atoms with van der Waals surface area (Å²) in [5, 5.41) is 17.8. The van der Waals surface area contributed by atoms with Crippen molar-refractivity contribution in [2.24, 2.45) is 5.92 Å². The second-order valence-electron chi connectivity index (χ2n) is 7.66. The maximum Gasteiger partial charge on any atom is 0.328 e. The predicted molar refractivity (Wildman–Crippen MR) is 100 cm³/mol. The summed E-state index contributed by atoms with van der Waals surface area (Å²) in [4.78, 5) is 26.4. The van der Waals surface area contributed by atoms with Gasteiger partial charge in [0.15, 0.2) is 5.82 Å². The molecule has 2 atom stereocenters. The van der Waals surface area contributed by atoms with Crippen LogP contribution < -0.4 is 0 Å². The quantitative estimate of drug-likeness (QED) is 0.873. The summed E-state index contributed by atoms with van der Waals surface area (Å²) in [6, 6.07) is 7.09. The summed E-state index contributed by atoms with van der Waals surface area (Å²) >= 11 is 0. The van der Waals surface area contributed by atoms with Crippen molar-refractivity contribution in [2.45, 2.75) is 59.2 Å². The van der Waals surface area contributed by atoms with Crippen LogP contribution in [-0.4, -0.2) is 42.7 Å². The minimum Gasteiger partial charge on any atom is -0.480 e. The number of aromatic nitrogens is 3. The van der Waals surface area contributed by atoms with Gasteiger partial charge in [-0.2, -0.15) is 0 Å². The maximum absolute atomic E-state index is 13.2. The number of aryl methyl sites for hydroxylation is 1. The van der Waals surface area contributed by atoms with E-state index in [0.29, 0.717) is 17.6 Å². The van der Waals surface area contributed by atoms with Gasteiger partial charge in [0.1, 0.15) is 11.9 Å². The van der Waals surface area contributed by atoms with Gasteiger partial charge < -0.3 is 14.6 Å². The molecule has 0 spiro atoms. The van der Waals surface area contributed by atoms with Crippen LogP contribution in [0.5, 0.6) is 0 Å². The summed E-state index contributed by atoms with van der Waals surface area (Å²) in [6.07, 6.45) is 0.943. The Bertz CT molecular complexity index is 859. The van der Waals surface area contributed by atoms with Crippen LogP contribution in [0.4, 0.5) is 0 Å². The maximum atomic E-state index is 13.2. The number of carbonyl (C=O) groups excluding carboxylic acids is 1. The normalized spacial score (nSPS) is 17.7. The number of amides is 1. The van der Waals surface area contributed by atoms with Crippen molar-refractivity contribution in [3.63, 3.8) is 0 Å². The van der Waals surface area contributed by atoms with Gasteiger partial charge in [0, 0.05) is 0 Å². The molecule has 0 radical (unpaired) electrons. The van der Waals surface area contributed by atoms with E-state index in [0.717, 1.165) is 12.0 Å². The number of carbonyl (C=O) groups is 2. The van der Waals surface area contributed by atoms with E-state index in [9.17, 15) is 14.7 Å². The molecule has 2 unspecified atom stereocenters. The van der Waals surface area contributed by atoms with Crippen LogP contribution in [0.25, 0.3) is 0 Å². The highest BCUT2D eigenvalue weighted by Gasteiger charge is 2.38. The lowest BCUT2D eigenvalue weighted by Gasteiger charge is -2.35. The number of nitrogens with zero attached hydrogens (tertiary/aromatic N) is 4. The Balaban J connectivity index is 1.86. The third kappa shape index (κ3) is 3.86. The average molecular weight is 370 g/mol. The molecule has 1 aromatic heterocycles. The number of rotatable bonds is 5. The van der Waals surface area contributed by atoms with Crippen LogP contribution in [-0.2, 0) is 29.1 Å². The molecule has 27 heavy (non-hydrogen) atoms. The molecule has 1 N–H and O–H groups in total. The fourth-order valence-corrected chi connectivity index (χ4v) is 3.61. The molecule has 1 aliphatic heterocycles. The van der Waals surface area contributed by atoms with Crippen molar-refractivity contribution in [3.05, 3.63) is 47.0 Å². The van der Waals surface area contributed by atoms with E-state index in [2.05, 4.69) is 36.2 Å². The van der Waals surface area contributed by atoms with Crippen LogP contribution in [0.1, 0.15) is 49.5 Å². The molecule has 2 aromatic rings. The van der Waals surface area contributed by atoms with Crippen molar-refractivity contribution in [1.82, 2.24) is 19.7 Å². The van der Waals surface area contributed by atoms with E-state index in [1.165, 1.54) is 10.5 Å². The highest BCUT2D eigenvalue weighted by molar-refractivity contribution is 5.88. The Labute approximate surface area is 159 Å². The van der Waals surface area contributed by atoms with Gasteiger partial charge in [-0.1, -0.05) is 38.1 Å². The lowest BCUT2D eigenvalue weighted by Crippen LogP contribution is -2.51. The second-order valence-corrected chi connectivity index (χ2v) is 7.66. The topological polar surface area (TPSA) is 88.3 Å². The molecular formula is C20H26N4O3. The van der Waals surface area contributed by atoms with E-state index < -0.39 is 17.9 Å². The van der Waals surface area contributed by atoms with Gasteiger partial charge in [0.2, 0.25) is 5.91 Å². The zero-order valence-electron chi connectivity index (χ0n) is 16.2. The molecule has 0 aliphatic carbocycles. The lowest BCUT2D eigenvalue weighted by molar-refractivity contribution is -0.153. The minimum absolute atomic E-state index is 0.159. The largest absolute Gasteiger partial charge is 0.480 e. The Kier molecular flexibility index (Phi) is 5.30. The summed E-state index contributed by atoms with van der Waals surface area (Å²) in [5.41, 5.74) is 2.09. The first-order chi connectivity index (χ1) is 12.8. The Hall–Kier alpha value is -2.70. The summed E-state index contributed by atoms with van der Waals surface area (Å²) in [6.45, 7) is 8.27.